The highest BCUT2D eigenvalue weighted by Crippen LogP contribution is 2.24. The van der Waals surface area contributed by atoms with Crippen LogP contribution in [0.4, 0.5) is 0 Å². The molecule has 0 bridgehead atoms. The number of H-pyrrole nitrogens is 1. The van der Waals surface area contributed by atoms with Gasteiger partial charge in [-0.2, -0.15) is 5.10 Å². The fourth-order valence-corrected chi connectivity index (χ4v) is 3.64. The van der Waals surface area contributed by atoms with Crippen LogP contribution in [-0.2, 0) is 6.42 Å². The monoisotopic (exact) mass is 389 g/mol. The number of fused-ring (bicyclic) bond motifs is 2. The fraction of sp³-hybridized carbons (Fsp3) is 0.348. The lowest BCUT2D eigenvalue weighted by Crippen LogP contribution is -2.26. The number of carbonyl (C=O) groups excluding carboxylic acids is 1. The third kappa shape index (κ3) is 3.62. The number of hydrogen-bond donors (Lipinski definition) is 2. The first-order valence-corrected chi connectivity index (χ1v) is 10.2. The van der Waals surface area contributed by atoms with Gasteiger partial charge < -0.3 is 10.3 Å². The number of amides is 1. The molecular weight excluding hydrogens is 362 g/mol. The molecule has 0 unspecified atom stereocenters. The summed E-state index contributed by atoms with van der Waals surface area (Å²) in [7, 11) is 0. The first-order valence-electron chi connectivity index (χ1n) is 10.2. The van der Waals surface area contributed by atoms with Gasteiger partial charge in [0.1, 0.15) is 0 Å². The minimum atomic E-state index is -0.0811. The molecule has 3 aromatic heterocycles. The third-order valence-corrected chi connectivity index (χ3v) is 5.27. The van der Waals surface area contributed by atoms with Crippen LogP contribution in [0.5, 0.6) is 0 Å². The summed E-state index contributed by atoms with van der Waals surface area (Å²) < 4.78 is 1.88. The van der Waals surface area contributed by atoms with Crippen molar-refractivity contribution in [2.24, 2.45) is 0 Å². The molecule has 0 spiro atoms. The molecule has 4 rings (SSSR count). The maximum Gasteiger partial charge on any atom is 0.252 e. The molecule has 2 N–H and O–H groups in total. The molecule has 4 aromatic rings. The topological polar surface area (TPSA) is 75.6 Å². The largest absolute Gasteiger partial charge is 0.361 e. The van der Waals surface area contributed by atoms with E-state index in [9.17, 15) is 4.79 Å². The van der Waals surface area contributed by atoms with Crippen LogP contribution in [0.1, 0.15) is 61.3 Å². The Labute approximate surface area is 170 Å². The zero-order valence-corrected chi connectivity index (χ0v) is 17.4. The smallest absolute Gasteiger partial charge is 0.252 e. The summed E-state index contributed by atoms with van der Waals surface area (Å²) in [4.78, 5) is 21.1. The average Bonchev–Trinajstić information content (AvgIpc) is 3.31. The summed E-state index contributed by atoms with van der Waals surface area (Å²) in [6.07, 6.45) is 4.54. The van der Waals surface area contributed by atoms with Gasteiger partial charge in [0.05, 0.1) is 17.1 Å². The zero-order valence-electron chi connectivity index (χ0n) is 17.4. The number of aromatic amines is 1. The van der Waals surface area contributed by atoms with Gasteiger partial charge in [-0.1, -0.05) is 32.0 Å². The lowest BCUT2D eigenvalue weighted by atomic mass is 10.0. The van der Waals surface area contributed by atoms with E-state index in [4.69, 9.17) is 4.98 Å². The van der Waals surface area contributed by atoms with Crippen molar-refractivity contribution in [3.8, 4) is 0 Å². The van der Waals surface area contributed by atoms with Gasteiger partial charge in [0.2, 0.25) is 0 Å². The number of nitrogens with one attached hydrogen (secondary N) is 2. The van der Waals surface area contributed by atoms with Crippen molar-refractivity contribution >= 4 is 27.8 Å². The van der Waals surface area contributed by atoms with Crippen LogP contribution in [0.3, 0.4) is 0 Å². The summed E-state index contributed by atoms with van der Waals surface area (Å²) in [6.45, 7) is 8.87. The Kier molecular flexibility index (Phi) is 5.09. The number of pyridine rings is 1. The lowest BCUT2D eigenvalue weighted by molar-refractivity contribution is 0.0955. The summed E-state index contributed by atoms with van der Waals surface area (Å²) >= 11 is 0. The summed E-state index contributed by atoms with van der Waals surface area (Å²) in [6, 6.07) is 10.3. The van der Waals surface area contributed by atoms with Crippen LogP contribution in [0.2, 0.25) is 0 Å². The number of nitrogens with zero attached hydrogens (tertiary/aromatic N) is 3. The first kappa shape index (κ1) is 19.2. The second-order valence-corrected chi connectivity index (χ2v) is 8.03. The van der Waals surface area contributed by atoms with E-state index in [-0.39, 0.29) is 17.9 Å². The van der Waals surface area contributed by atoms with Crippen molar-refractivity contribution in [2.45, 2.75) is 46.1 Å². The molecule has 0 aliphatic heterocycles. The van der Waals surface area contributed by atoms with E-state index in [1.54, 1.807) is 6.20 Å². The molecule has 0 fully saturated rings. The van der Waals surface area contributed by atoms with Gasteiger partial charge in [-0.15, -0.1) is 0 Å². The van der Waals surface area contributed by atoms with Crippen molar-refractivity contribution in [1.29, 1.82) is 0 Å². The van der Waals surface area contributed by atoms with E-state index in [1.165, 1.54) is 10.9 Å². The number of hydrogen-bond acceptors (Lipinski definition) is 3. The number of carbonyl (C=O) groups is 1. The van der Waals surface area contributed by atoms with Crippen LogP contribution < -0.4 is 5.32 Å². The minimum Gasteiger partial charge on any atom is -0.361 e. The molecular formula is C23H27N5O. The molecule has 0 radical (unpaired) electrons. The summed E-state index contributed by atoms with van der Waals surface area (Å²) in [5, 5.41) is 9.55. The highest BCUT2D eigenvalue weighted by Gasteiger charge is 2.18. The minimum absolute atomic E-state index is 0.0811. The molecule has 0 aliphatic carbocycles. The fourth-order valence-electron chi connectivity index (χ4n) is 3.64. The predicted molar refractivity (Wildman–Crippen MR) is 116 cm³/mol. The van der Waals surface area contributed by atoms with Gasteiger partial charge in [-0.3, -0.25) is 4.79 Å². The van der Waals surface area contributed by atoms with Gasteiger partial charge >= 0.3 is 0 Å². The molecule has 0 atom stereocenters. The molecule has 1 amide bonds. The quantitative estimate of drug-likeness (QED) is 0.506. The zero-order chi connectivity index (χ0) is 20.5. The molecule has 0 saturated heterocycles. The van der Waals surface area contributed by atoms with Crippen molar-refractivity contribution in [3.05, 3.63) is 59.5 Å². The molecule has 3 heterocycles. The van der Waals surface area contributed by atoms with E-state index < -0.39 is 0 Å². The van der Waals surface area contributed by atoms with E-state index in [1.807, 2.05) is 29.1 Å². The van der Waals surface area contributed by atoms with Gasteiger partial charge in [0, 0.05) is 35.4 Å². The molecule has 150 valence electrons. The average molecular weight is 390 g/mol. The number of para-hydroxylation sites is 1. The van der Waals surface area contributed by atoms with Gasteiger partial charge in [0.15, 0.2) is 5.65 Å². The van der Waals surface area contributed by atoms with Crippen molar-refractivity contribution in [3.63, 3.8) is 0 Å². The number of aromatic nitrogens is 4. The summed E-state index contributed by atoms with van der Waals surface area (Å²) in [5.41, 5.74) is 4.64. The van der Waals surface area contributed by atoms with Crippen molar-refractivity contribution in [1.82, 2.24) is 25.1 Å². The van der Waals surface area contributed by atoms with Crippen LogP contribution in [0, 0.1) is 0 Å². The second kappa shape index (κ2) is 7.70. The van der Waals surface area contributed by atoms with E-state index in [0.717, 1.165) is 28.7 Å². The number of rotatable bonds is 6. The Morgan fingerprint density at radius 1 is 1.17 bits per heavy atom. The summed E-state index contributed by atoms with van der Waals surface area (Å²) in [5.74, 6) is 0.148. The van der Waals surface area contributed by atoms with Crippen LogP contribution in [0.25, 0.3) is 21.9 Å². The first-order chi connectivity index (χ1) is 14.0. The van der Waals surface area contributed by atoms with Crippen molar-refractivity contribution in [2.75, 3.05) is 6.54 Å². The molecule has 29 heavy (non-hydrogen) atoms. The van der Waals surface area contributed by atoms with E-state index in [0.29, 0.717) is 12.1 Å². The van der Waals surface area contributed by atoms with Crippen LogP contribution >= 0.6 is 0 Å². The van der Waals surface area contributed by atoms with Crippen molar-refractivity contribution < 1.29 is 4.79 Å². The molecule has 6 heteroatoms. The molecule has 0 saturated carbocycles. The Hall–Kier alpha value is -3.15. The highest BCUT2D eigenvalue weighted by molar-refractivity contribution is 6.05. The number of benzene rings is 1. The standard InChI is InChI=1S/C23H27N5O/c1-14(2)21-11-18(19-13-26-28(15(3)4)22(19)27-21)23(29)24-10-9-16-12-25-20-8-6-5-7-17(16)20/h5-8,11-15,25H,9-10H2,1-4H3,(H,24,29). The normalized spacial score (nSPS) is 11.8. The van der Waals surface area contributed by atoms with Gasteiger partial charge in [-0.25, -0.2) is 9.67 Å². The maximum absolute atomic E-state index is 13.0. The molecule has 0 aliphatic rings. The van der Waals surface area contributed by atoms with Crippen LogP contribution in [-0.4, -0.2) is 32.2 Å². The SMILES string of the molecule is CC(C)c1cc(C(=O)NCCc2c[nH]c3ccccc23)c2cnn(C(C)C)c2n1. The molecule has 1 aromatic carbocycles. The van der Waals surface area contributed by atoms with Crippen LogP contribution in [0.15, 0.2) is 42.7 Å². The Bertz CT molecular complexity index is 1170. The van der Waals surface area contributed by atoms with Gasteiger partial charge in [-0.05, 0) is 43.9 Å². The second-order valence-electron chi connectivity index (χ2n) is 8.03. The Morgan fingerprint density at radius 2 is 1.97 bits per heavy atom. The maximum atomic E-state index is 13.0. The predicted octanol–water partition coefficient (Wildman–Crippen LogP) is 4.59. The Balaban J connectivity index is 1.57. The molecule has 6 nitrogen and oxygen atoms in total. The van der Waals surface area contributed by atoms with Gasteiger partial charge in [0.25, 0.3) is 5.91 Å². The lowest BCUT2D eigenvalue weighted by Gasteiger charge is -2.12. The van der Waals surface area contributed by atoms with E-state index >= 15 is 0 Å². The Morgan fingerprint density at radius 3 is 2.72 bits per heavy atom. The van der Waals surface area contributed by atoms with E-state index in [2.05, 4.69) is 55.2 Å². The third-order valence-electron chi connectivity index (χ3n) is 5.27. The highest BCUT2D eigenvalue weighted by atomic mass is 16.1.